The minimum atomic E-state index is -5.13. The first-order valence-corrected chi connectivity index (χ1v) is 11.5. The van der Waals surface area contributed by atoms with Gasteiger partial charge in [-0.25, -0.2) is 4.79 Å². The number of hydrogen-bond acceptors (Lipinski definition) is 5. The maximum absolute atomic E-state index is 14.2. The lowest BCUT2D eigenvalue weighted by molar-refractivity contribution is -0.274. The molecule has 2 aromatic carbocycles. The molecule has 0 bridgehead atoms. The average molecular weight is 565 g/mol. The zero-order valence-corrected chi connectivity index (χ0v) is 21.0. The number of nitrogens with one attached hydrogen (secondary N) is 1. The van der Waals surface area contributed by atoms with Crippen LogP contribution in [0.3, 0.4) is 0 Å². The summed E-state index contributed by atoms with van der Waals surface area (Å²) in [6, 6.07) is 9.07. The molecule has 36 heavy (non-hydrogen) atoms. The van der Waals surface area contributed by atoms with Crippen molar-refractivity contribution in [1.82, 2.24) is 4.98 Å². The molecule has 1 aromatic heterocycles. The number of carbonyl (C=O) groups excluding carboxylic acids is 1. The number of aliphatic hydroxyl groups is 1. The van der Waals surface area contributed by atoms with Crippen molar-refractivity contribution in [2.24, 2.45) is 0 Å². The number of alkyl halides is 4. The number of carbonyl (C=O) groups is 1. The fraction of sp³-hybridized carbons (Fsp3) is 0.250. The Balaban J connectivity index is 1.96. The SMILES string of the molecule is COC(=O)c1ccc(Oc2ccc(C(C)C(O)(c3c[nH]c(=O)c(CCl)c3)C(F)(F)F)c(Cl)c2)cc1Cl. The van der Waals surface area contributed by atoms with Crippen LogP contribution in [0.25, 0.3) is 0 Å². The van der Waals surface area contributed by atoms with Crippen LogP contribution in [0.15, 0.2) is 53.5 Å². The summed E-state index contributed by atoms with van der Waals surface area (Å²) < 4.78 is 53.0. The van der Waals surface area contributed by atoms with Crippen molar-refractivity contribution in [3.63, 3.8) is 0 Å². The van der Waals surface area contributed by atoms with Crippen LogP contribution < -0.4 is 10.3 Å². The number of ether oxygens (including phenoxy) is 2. The third-order valence-electron chi connectivity index (χ3n) is 5.64. The van der Waals surface area contributed by atoms with Crippen molar-refractivity contribution in [3.05, 3.63) is 91.3 Å². The first-order valence-electron chi connectivity index (χ1n) is 10.3. The van der Waals surface area contributed by atoms with Crippen LogP contribution in [0.5, 0.6) is 11.5 Å². The quantitative estimate of drug-likeness (QED) is 0.251. The van der Waals surface area contributed by atoms with E-state index in [2.05, 4.69) is 9.72 Å². The molecule has 0 fully saturated rings. The molecule has 0 radical (unpaired) electrons. The number of halogens is 6. The number of rotatable bonds is 7. The Morgan fingerprint density at radius 2 is 1.69 bits per heavy atom. The van der Waals surface area contributed by atoms with Crippen LogP contribution in [0, 0.1) is 0 Å². The highest BCUT2D eigenvalue weighted by molar-refractivity contribution is 6.33. The first-order chi connectivity index (χ1) is 16.8. The van der Waals surface area contributed by atoms with E-state index in [1.165, 1.54) is 43.5 Å². The molecule has 0 saturated carbocycles. The molecule has 12 heteroatoms. The number of aromatic amines is 1. The maximum atomic E-state index is 14.2. The maximum Gasteiger partial charge on any atom is 0.422 e. The van der Waals surface area contributed by atoms with Gasteiger partial charge >= 0.3 is 12.1 Å². The molecule has 0 aliphatic rings. The standard InChI is InChI=1S/C24H19Cl3F3NO5/c1-12(23(34,24(28,29)30)14-7-13(10-25)21(32)31-11-14)17-5-3-15(8-19(17)26)36-16-4-6-18(20(27)9-16)22(33)35-2/h3-9,11-12,34H,10H2,1-2H3,(H,31,32). The largest absolute Gasteiger partial charge is 0.465 e. The highest BCUT2D eigenvalue weighted by atomic mass is 35.5. The second kappa shape index (κ2) is 10.7. The van der Waals surface area contributed by atoms with E-state index in [9.17, 15) is 27.9 Å². The van der Waals surface area contributed by atoms with Gasteiger partial charge in [-0.2, -0.15) is 13.2 Å². The predicted molar refractivity (Wildman–Crippen MR) is 129 cm³/mol. The topological polar surface area (TPSA) is 88.6 Å². The van der Waals surface area contributed by atoms with Gasteiger partial charge in [0.2, 0.25) is 0 Å². The third kappa shape index (κ3) is 5.34. The van der Waals surface area contributed by atoms with Crippen LogP contribution in [0.1, 0.15) is 39.9 Å². The summed E-state index contributed by atoms with van der Waals surface area (Å²) in [6.07, 6.45) is -4.33. The molecule has 0 aliphatic carbocycles. The lowest BCUT2D eigenvalue weighted by atomic mass is 9.78. The number of hydrogen-bond donors (Lipinski definition) is 2. The summed E-state index contributed by atoms with van der Waals surface area (Å²) in [5.74, 6) is -2.17. The third-order valence-corrected chi connectivity index (χ3v) is 6.57. The Morgan fingerprint density at radius 3 is 2.22 bits per heavy atom. The molecule has 0 aliphatic heterocycles. The lowest BCUT2D eigenvalue weighted by Gasteiger charge is -2.37. The van der Waals surface area contributed by atoms with Gasteiger partial charge in [0, 0.05) is 34.3 Å². The zero-order chi connectivity index (χ0) is 26.8. The van der Waals surface area contributed by atoms with Crippen LogP contribution in [0.4, 0.5) is 13.2 Å². The molecule has 3 rings (SSSR count). The molecule has 0 saturated heterocycles. The molecule has 0 spiro atoms. The Bertz CT molecular complexity index is 1350. The molecule has 1 heterocycles. The Labute approximate surface area is 218 Å². The highest BCUT2D eigenvalue weighted by Crippen LogP contribution is 2.50. The van der Waals surface area contributed by atoms with E-state index in [0.29, 0.717) is 0 Å². The summed E-state index contributed by atoms with van der Waals surface area (Å²) in [4.78, 5) is 25.6. The number of esters is 1. The van der Waals surface area contributed by atoms with Crippen molar-refractivity contribution in [3.8, 4) is 11.5 Å². The van der Waals surface area contributed by atoms with Gasteiger partial charge in [-0.3, -0.25) is 4.79 Å². The van der Waals surface area contributed by atoms with E-state index in [1.54, 1.807) is 0 Å². The van der Waals surface area contributed by atoms with E-state index < -0.39 is 34.8 Å². The normalized spacial score (nSPS) is 14.1. The Kier molecular flexibility index (Phi) is 8.30. The zero-order valence-electron chi connectivity index (χ0n) is 18.8. The Hall–Kier alpha value is -2.72. The van der Waals surface area contributed by atoms with Gasteiger partial charge in [0.25, 0.3) is 5.56 Å². The van der Waals surface area contributed by atoms with Gasteiger partial charge in [0.15, 0.2) is 5.60 Å². The van der Waals surface area contributed by atoms with Crippen LogP contribution in [-0.4, -0.2) is 29.3 Å². The molecular formula is C24H19Cl3F3NO5. The minimum absolute atomic E-state index is 0.0264. The molecule has 0 amide bonds. The van der Waals surface area contributed by atoms with E-state index in [1.807, 2.05) is 0 Å². The van der Waals surface area contributed by atoms with E-state index in [0.717, 1.165) is 19.2 Å². The van der Waals surface area contributed by atoms with Gasteiger partial charge in [-0.15, -0.1) is 11.6 Å². The molecule has 2 N–H and O–H groups in total. The summed E-state index contributed by atoms with van der Waals surface area (Å²) in [7, 11) is 1.21. The van der Waals surface area contributed by atoms with Gasteiger partial charge in [0.1, 0.15) is 11.5 Å². The molecule has 2 unspecified atom stereocenters. The number of aromatic nitrogens is 1. The number of methoxy groups -OCH3 is 1. The van der Waals surface area contributed by atoms with Crippen LogP contribution >= 0.6 is 34.8 Å². The van der Waals surface area contributed by atoms with Crippen molar-refractivity contribution >= 4 is 40.8 Å². The number of pyridine rings is 1. The van der Waals surface area contributed by atoms with Crippen molar-refractivity contribution in [1.29, 1.82) is 0 Å². The Morgan fingerprint density at radius 1 is 1.08 bits per heavy atom. The highest BCUT2D eigenvalue weighted by Gasteiger charge is 2.59. The monoisotopic (exact) mass is 563 g/mol. The van der Waals surface area contributed by atoms with Crippen molar-refractivity contribution in [2.75, 3.05) is 7.11 Å². The fourth-order valence-corrected chi connectivity index (χ4v) is 4.41. The minimum Gasteiger partial charge on any atom is -0.465 e. The van der Waals surface area contributed by atoms with E-state index in [4.69, 9.17) is 39.5 Å². The summed E-state index contributed by atoms with van der Waals surface area (Å²) in [5.41, 5.74) is -4.68. The van der Waals surface area contributed by atoms with Gasteiger partial charge in [-0.1, -0.05) is 36.2 Å². The molecule has 192 valence electrons. The second-order valence-corrected chi connectivity index (χ2v) is 8.86. The number of benzene rings is 2. The van der Waals surface area contributed by atoms with Gasteiger partial charge in [-0.05, 0) is 35.9 Å². The molecular weight excluding hydrogens is 546 g/mol. The molecule has 6 nitrogen and oxygen atoms in total. The molecule has 2 atom stereocenters. The summed E-state index contributed by atoms with van der Waals surface area (Å²) in [5, 5.41) is 10.9. The van der Waals surface area contributed by atoms with E-state index in [-0.39, 0.29) is 44.1 Å². The van der Waals surface area contributed by atoms with Crippen molar-refractivity contribution in [2.45, 2.75) is 30.5 Å². The average Bonchev–Trinajstić information content (AvgIpc) is 2.82. The van der Waals surface area contributed by atoms with Crippen LogP contribution in [0.2, 0.25) is 10.0 Å². The van der Waals surface area contributed by atoms with Gasteiger partial charge < -0.3 is 19.6 Å². The van der Waals surface area contributed by atoms with Crippen LogP contribution in [-0.2, 0) is 16.2 Å². The first kappa shape index (κ1) is 27.9. The van der Waals surface area contributed by atoms with Crippen molar-refractivity contribution < 1.29 is 32.5 Å². The fourth-order valence-electron chi connectivity index (χ4n) is 3.63. The number of H-pyrrole nitrogens is 1. The lowest BCUT2D eigenvalue weighted by Crippen LogP contribution is -2.47. The van der Waals surface area contributed by atoms with E-state index >= 15 is 0 Å². The smallest absolute Gasteiger partial charge is 0.422 e. The van der Waals surface area contributed by atoms with Gasteiger partial charge in [0.05, 0.1) is 23.6 Å². The predicted octanol–water partition coefficient (Wildman–Crippen LogP) is 6.55. The molecule has 3 aromatic rings. The summed E-state index contributed by atoms with van der Waals surface area (Å²) >= 11 is 18.1. The summed E-state index contributed by atoms with van der Waals surface area (Å²) in [6.45, 7) is 1.16. The second-order valence-electron chi connectivity index (χ2n) is 7.78.